The van der Waals surface area contributed by atoms with E-state index in [1.165, 1.54) is 0 Å². The van der Waals surface area contributed by atoms with E-state index in [4.69, 9.17) is 10.5 Å². The summed E-state index contributed by atoms with van der Waals surface area (Å²) >= 11 is 0. The van der Waals surface area contributed by atoms with Gasteiger partial charge < -0.3 is 10.5 Å². The molecule has 15 heavy (non-hydrogen) atoms. The Morgan fingerprint density at radius 3 is 2.33 bits per heavy atom. The number of hydrogen-bond donors (Lipinski definition) is 1. The third-order valence-electron chi connectivity index (χ3n) is 3.33. The van der Waals surface area contributed by atoms with Crippen LogP contribution < -0.4 is 5.73 Å². The summed E-state index contributed by atoms with van der Waals surface area (Å²) in [6.45, 7) is 1.14. The topological polar surface area (TPSA) is 69.4 Å². The molecule has 0 spiro atoms. The van der Waals surface area contributed by atoms with Gasteiger partial charge in [-0.1, -0.05) is 0 Å². The molecule has 2 aliphatic rings. The van der Waals surface area contributed by atoms with Crippen molar-refractivity contribution in [3.8, 4) is 0 Å². The Morgan fingerprint density at radius 2 is 1.80 bits per heavy atom. The van der Waals surface area contributed by atoms with Crippen LogP contribution in [0.2, 0.25) is 0 Å². The van der Waals surface area contributed by atoms with Crippen LogP contribution in [0.1, 0.15) is 25.7 Å². The highest BCUT2D eigenvalue weighted by molar-refractivity contribution is 7.92. The first kappa shape index (κ1) is 11.4. The summed E-state index contributed by atoms with van der Waals surface area (Å²) in [6, 6.07) is -0.141. The van der Waals surface area contributed by atoms with E-state index >= 15 is 0 Å². The molecule has 1 aliphatic heterocycles. The van der Waals surface area contributed by atoms with Crippen molar-refractivity contribution in [1.82, 2.24) is 0 Å². The quantitative estimate of drug-likeness (QED) is 0.759. The molecule has 1 heterocycles. The Labute approximate surface area is 91.1 Å². The first-order chi connectivity index (χ1) is 7.09. The van der Waals surface area contributed by atoms with E-state index in [9.17, 15) is 8.42 Å². The molecule has 1 atom stereocenters. The molecule has 0 radical (unpaired) electrons. The highest BCUT2D eigenvalue weighted by Crippen LogP contribution is 2.32. The number of hydrogen-bond acceptors (Lipinski definition) is 4. The van der Waals surface area contributed by atoms with Gasteiger partial charge in [0.05, 0.1) is 11.0 Å². The summed E-state index contributed by atoms with van der Waals surface area (Å²) in [4.78, 5) is 0. The van der Waals surface area contributed by atoms with Crippen molar-refractivity contribution in [3.05, 3.63) is 0 Å². The van der Waals surface area contributed by atoms with Gasteiger partial charge in [0.2, 0.25) is 0 Å². The minimum atomic E-state index is -2.99. The molecule has 1 saturated carbocycles. The van der Waals surface area contributed by atoms with Crippen LogP contribution >= 0.6 is 0 Å². The van der Waals surface area contributed by atoms with Gasteiger partial charge in [0.15, 0.2) is 9.84 Å². The van der Waals surface area contributed by atoms with E-state index in [2.05, 4.69) is 0 Å². The van der Waals surface area contributed by atoms with Gasteiger partial charge in [0, 0.05) is 19.3 Å². The number of nitrogens with two attached hydrogens (primary N) is 1. The van der Waals surface area contributed by atoms with Crippen molar-refractivity contribution < 1.29 is 13.2 Å². The molecule has 2 rings (SSSR count). The maximum atomic E-state index is 12.0. The molecule has 2 N–H and O–H groups in total. The maximum Gasteiger partial charge on any atom is 0.154 e. The average Bonchev–Trinajstić information content (AvgIpc) is 3.01. The van der Waals surface area contributed by atoms with Gasteiger partial charge in [0.1, 0.15) is 0 Å². The largest absolute Gasteiger partial charge is 0.381 e. The Kier molecular flexibility index (Phi) is 3.33. The highest BCUT2D eigenvalue weighted by Gasteiger charge is 2.35. The number of sulfone groups is 1. The number of ether oxygens (including phenoxy) is 1. The summed E-state index contributed by atoms with van der Waals surface area (Å²) in [5.41, 5.74) is 5.86. The normalized spacial score (nSPS) is 26.5. The molecule has 2 fully saturated rings. The monoisotopic (exact) mass is 233 g/mol. The van der Waals surface area contributed by atoms with Crippen LogP contribution in [0.5, 0.6) is 0 Å². The van der Waals surface area contributed by atoms with Gasteiger partial charge in [-0.05, 0) is 31.6 Å². The van der Waals surface area contributed by atoms with E-state index in [-0.39, 0.29) is 17.0 Å². The summed E-state index contributed by atoms with van der Waals surface area (Å²) in [5.74, 6) is 0.627. The predicted octanol–water partition coefficient (Wildman–Crippen LogP) is 0.317. The van der Waals surface area contributed by atoms with Crippen molar-refractivity contribution in [2.24, 2.45) is 11.7 Å². The van der Waals surface area contributed by atoms with Gasteiger partial charge in [-0.15, -0.1) is 0 Å². The molecule has 88 valence electrons. The molecule has 0 bridgehead atoms. The van der Waals surface area contributed by atoms with Gasteiger partial charge in [-0.3, -0.25) is 0 Å². The fourth-order valence-electron chi connectivity index (χ4n) is 2.10. The molecule has 0 aromatic rings. The zero-order valence-electron chi connectivity index (χ0n) is 8.89. The first-order valence-electron chi connectivity index (χ1n) is 5.64. The maximum absolute atomic E-state index is 12.0. The van der Waals surface area contributed by atoms with E-state index in [0.29, 0.717) is 32.0 Å². The van der Waals surface area contributed by atoms with Crippen LogP contribution in [0.3, 0.4) is 0 Å². The Bertz CT molecular complexity index is 305. The lowest BCUT2D eigenvalue weighted by molar-refractivity contribution is 0.0983. The van der Waals surface area contributed by atoms with Crippen LogP contribution in [0, 0.1) is 5.92 Å². The minimum Gasteiger partial charge on any atom is -0.381 e. The smallest absolute Gasteiger partial charge is 0.154 e. The first-order valence-corrected chi connectivity index (χ1v) is 7.36. The highest BCUT2D eigenvalue weighted by atomic mass is 32.2. The van der Waals surface area contributed by atoms with Crippen molar-refractivity contribution in [2.75, 3.05) is 19.0 Å². The number of rotatable bonds is 4. The Hall–Kier alpha value is -0.130. The van der Waals surface area contributed by atoms with Gasteiger partial charge >= 0.3 is 0 Å². The molecule has 0 amide bonds. The molecule has 0 aromatic carbocycles. The summed E-state index contributed by atoms with van der Waals surface area (Å²) in [6.07, 6.45) is 3.48. The standard InChI is InChI=1S/C10H19NO3S/c11-10(8-1-2-8)7-15(12,13)9-3-5-14-6-4-9/h8-10H,1-7,11H2. The predicted molar refractivity (Wildman–Crippen MR) is 58.3 cm³/mol. The molecule has 1 saturated heterocycles. The fourth-order valence-corrected chi connectivity index (χ4v) is 4.09. The van der Waals surface area contributed by atoms with E-state index < -0.39 is 9.84 Å². The zero-order valence-corrected chi connectivity index (χ0v) is 9.71. The van der Waals surface area contributed by atoms with E-state index in [1.807, 2.05) is 0 Å². The second kappa shape index (κ2) is 4.39. The van der Waals surface area contributed by atoms with Crippen molar-refractivity contribution in [2.45, 2.75) is 37.0 Å². The van der Waals surface area contributed by atoms with Gasteiger partial charge in [-0.25, -0.2) is 8.42 Å². The lowest BCUT2D eigenvalue weighted by Gasteiger charge is -2.23. The molecule has 4 nitrogen and oxygen atoms in total. The third-order valence-corrected chi connectivity index (χ3v) is 5.67. The SMILES string of the molecule is NC(CS(=O)(=O)C1CCOCC1)C1CC1. The van der Waals surface area contributed by atoms with Crippen molar-refractivity contribution in [1.29, 1.82) is 0 Å². The van der Waals surface area contributed by atoms with Crippen LogP contribution in [0.4, 0.5) is 0 Å². The molecule has 5 heteroatoms. The molecule has 1 unspecified atom stereocenters. The van der Waals surface area contributed by atoms with Crippen molar-refractivity contribution in [3.63, 3.8) is 0 Å². The summed E-state index contributed by atoms with van der Waals surface area (Å²) < 4.78 is 29.1. The van der Waals surface area contributed by atoms with Crippen LogP contribution in [-0.2, 0) is 14.6 Å². The molecular weight excluding hydrogens is 214 g/mol. The zero-order chi connectivity index (χ0) is 10.9. The van der Waals surface area contributed by atoms with Crippen LogP contribution in [0.25, 0.3) is 0 Å². The average molecular weight is 233 g/mol. The second-order valence-electron chi connectivity index (χ2n) is 4.64. The summed E-state index contributed by atoms with van der Waals surface area (Å²) in [7, 11) is -2.99. The van der Waals surface area contributed by atoms with Crippen LogP contribution in [0.15, 0.2) is 0 Å². The third kappa shape index (κ3) is 2.92. The van der Waals surface area contributed by atoms with E-state index in [0.717, 1.165) is 12.8 Å². The Morgan fingerprint density at radius 1 is 1.20 bits per heavy atom. The molecular formula is C10H19NO3S. The lowest BCUT2D eigenvalue weighted by atomic mass is 10.2. The molecule has 1 aliphatic carbocycles. The fraction of sp³-hybridized carbons (Fsp3) is 1.00. The van der Waals surface area contributed by atoms with Gasteiger partial charge in [-0.2, -0.15) is 0 Å². The van der Waals surface area contributed by atoms with Crippen LogP contribution in [-0.4, -0.2) is 38.7 Å². The Balaban J connectivity index is 1.92. The van der Waals surface area contributed by atoms with Gasteiger partial charge in [0.25, 0.3) is 0 Å². The summed E-state index contributed by atoms with van der Waals surface area (Å²) in [5, 5.41) is -0.212. The minimum absolute atomic E-state index is 0.141. The van der Waals surface area contributed by atoms with Crippen molar-refractivity contribution >= 4 is 9.84 Å². The second-order valence-corrected chi connectivity index (χ2v) is 6.97. The molecule has 0 aromatic heterocycles. The lowest BCUT2D eigenvalue weighted by Crippen LogP contribution is -2.38. The van der Waals surface area contributed by atoms with E-state index in [1.54, 1.807) is 0 Å².